The fourth-order valence-corrected chi connectivity index (χ4v) is 3.82. The molecule has 1 aromatic heterocycles. The number of piperidine rings is 1. The zero-order chi connectivity index (χ0) is 20.9. The van der Waals surface area contributed by atoms with E-state index >= 15 is 0 Å². The van der Waals surface area contributed by atoms with Gasteiger partial charge in [-0.15, -0.1) is 0 Å². The second-order valence-electron chi connectivity index (χ2n) is 7.59. The number of aryl methyl sites for hydroxylation is 1. The SMILES string of the molecule is COc1cccc(CCC(=O)N2CC[C@@H](Oc3ccc4ccncc4c3)[C@H](O)C2)c1. The summed E-state index contributed by atoms with van der Waals surface area (Å²) in [6, 6.07) is 15.5. The number of ether oxygens (including phenoxy) is 2. The first-order valence-corrected chi connectivity index (χ1v) is 10.2. The molecule has 1 N–H and O–H groups in total. The van der Waals surface area contributed by atoms with Crippen LogP contribution >= 0.6 is 0 Å². The normalized spacial score (nSPS) is 18.9. The Morgan fingerprint density at radius 1 is 1.17 bits per heavy atom. The zero-order valence-electron chi connectivity index (χ0n) is 17.0. The lowest BCUT2D eigenvalue weighted by Gasteiger charge is -2.36. The maximum Gasteiger partial charge on any atom is 0.222 e. The number of aromatic nitrogens is 1. The Balaban J connectivity index is 1.31. The molecule has 1 saturated heterocycles. The Kier molecular flexibility index (Phi) is 6.14. The average molecular weight is 406 g/mol. The van der Waals surface area contributed by atoms with E-state index in [-0.39, 0.29) is 18.6 Å². The van der Waals surface area contributed by atoms with Crippen molar-refractivity contribution in [2.24, 2.45) is 0 Å². The molecule has 6 nitrogen and oxygen atoms in total. The molecule has 0 saturated carbocycles. The summed E-state index contributed by atoms with van der Waals surface area (Å²) in [5.74, 6) is 1.54. The predicted molar refractivity (Wildman–Crippen MR) is 115 cm³/mol. The van der Waals surface area contributed by atoms with Crippen LogP contribution in [-0.4, -0.2) is 53.3 Å². The molecule has 1 aliphatic rings. The van der Waals surface area contributed by atoms with Gasteiger partial charge in [-0.25, -0.2) is 0 Å². The Morgan fingerprint density at radius 2 is 2.07 bits per heavy atom. The summed E-state index contributed by atoms with van der Waals surface area (Å²) in [5.41, 5.74) is 1.06. The van der Waals surface area contributed by atoms with E-state index in [1.807, 2.05) is 48.5 Å². The molecular formula is C24H26N2O4. The third kappa shape index (κ3) is 4.71. The topological polar surface area (TPSA) is 71.9 Å². The Labute approximate surface area is 176 Å². The van der Waals surface area contributed by atoms with Gasteiger partial charge < -0.3 is 19.5 Å². The van der Waals surface area contributed by atoms with Crippen molar-refractivity contribution in [3.05, 3.63) is 66.5 Å². The van der Waals surface area contributed by atoms with Gasteiger partial charge in [-0.2, -0.15) is 0 Å². The van der Waals surface area contributed by atoms with Crippen molar-refractivity contribution in [2.75, 3.05) is 20.2 Å². The highest BCUT2D eigenvalue weighted by Crippen LogP contribution is 2.24. The number of β-amino-alcohol motifs (C(OH)–C–C–N with tert-alkyl or cyclic N) is 1. The lowest BCUT2D eigenvalue weighted by Crippen LogP contribution is -2.51. The van der Waals surface area contributed by atoms with Crippen LogP contribution in [0.15, 0.2) is 60.9 Å². The van der Waals surface area contributed by atoms with Crippen molar-refractivity contribution in [1.82, 2.24) is 9.88 Å². The molecule has 2 heterocycles. The van der Waals surface area contributed by atoms with Crippen LogP contribution in [0.5, 0.6) is 11.5 Å². The van der Waals surface area contributed by atoms with Crippen molar-refractivity contribution >= 4 is 16.7 Å². The summed E-state index contributed by atoms with van der Waals surface area (Å²) in [6.07, 6.45) is 4.15. The monoisotopic (exact) mass is 406 g/mol. The number of fused-ring (bicyclic) bond motifs is 1. The first-order chi connectivity index (χ1) is 14.6. The lowest BCUT2D eigenvalue weighted by atomic mass is 10.0. The molecule has 1 fully saturated rings. The minimum absolute atomic E-state index is 0.0482. The van der Waals surface area contributed by atoms with Crippen molar-refractivity contribution in [2.45, 2.75) is 31.5 Å². The van der Waals surface area contributed by atoms with Crippen LogP contribution in [0.3, 0.4) is 0 Å². The molecule has 0 spiro atoms. The number of amides is 1. The van der Waals surface area contributed by atoms with Gasteiger partial charge in [0.25, 0.3) is 0 Å². The van der Waals surface area contributed by atoms with Crippen LogP contribution < -0.4 is 9.47 Å². The number of hydrogen-bond acceptors (Lipinski definition) is 5. The highest BCUT2D eigenvalue weighted by Gasteiger charge is 2.31. The minimum atomic E-state index is -0.718. The van der Waals surface area contributed by atoms with E-state index in [9.17, 15) is 9.90 Å². The Bertz CT molecular complexity index is 1020. The van der Waals surface area contributed by atoms with Crippen LogP contribution in [0.2, 0.25) is 0 Å². The summed E-state index contributed by atoms with van der Waals surface area (Å²) < 4.78 is 11.3. The molecule has 6 heteroatoms. The number of carbonyl (C=O) groups excluding carboxylic acids is 1. The van der Waals surface area contributed by atoms with E-state index in [4.69, 9.17) is 9.47 Å². The highest BCUT2D eigenvalue weighted by atomic mass is 16.5. The number of aliphatic hydroxyl groups excluding tert-OH is 1. The maximum atomic E-state index is 12.6. The molecule has 1 amide bonds. The number of aliphatic hydroxyl groups is 1. The van der Waals surface area contributed by atoms with Crippen LogP contribution in [0, 0.1) is 0 Å². The first-order valence-electron chi connectivity index (χ1n) is 10.2. The lowest BCUT2D eigenvalue weighted by molar-refractivity contribution is -0.137. The second-order valence-corrected chi connectivity index (χ2v) is 7.59. The maximum absolute atomic E-state index is 12.6. The average Bonchev–Trinajstić information content (AvgIpc) is 2.79. The Morgan fingerprint density at radius 3 is 2.90 bits per heavy atom. The van der Waals surface area contributed by atoms with E-state index in [1.54, 1.807) is 24.4 Å². The molecule has 2 atom stereocenters. The molecular weight excluding hydrogens is 380 g/mol. The quantitative estimate of drug-likeness (QED) is 0.681. The van der Waals surface area contributed by atoms with Crippen molar-refractivity contribution in [3.8, 4) is 11.5 Å². The highest BCUT2D eigenvalue weighted by molar-refractivity contribution is 5.82. The van der Waals surface area contributed by atoms with E-state index in [0.717, 1.165) is 22.1 Å². The third-order valence-corrected chi connectivity index (χ3v) is 5.53. The number of likely N-dealkylation sites (tertiary alicyclic amines) is 1. The molecule has 4 rings (SSSR count). The van der Waals surface area contributed by atoms with Gasteiger partial charge in [0.1, 0.15) is 23.7 Å². The largest absolute Gasteiger partial charge is 0.497 e. The van der Waals surface area contributed by atoms with Gasteiger partial charge in [0, 0.05) is 37.2 Å². The second kappa shape index (κ2) is 9.13. The van der Waals surface area contributed by atoms with E-state index in [0.29, 0.717) is 31.6 Å². The summed E-state index contributed by atoms with van der Waals surface area (Å²) in [4.78, 5) is 18.5. The Hall–Kier alpha value is -3.12. The van der Waals surface area contributed by atoms with Crippen LogP contribution in [-0.2, 0) is 11.2 Å². The molecule has 3 aromatic rings. The third-order valence-electron chi connectivity index (χ3n) is 5.53. The van der Waals surface area contributed by atoms with Gasteiger partial charge in [0.2, 0.25) is 5.91 Å². The van der Waals surface area contributed by atoms with Crippen LogP contribution in [0.25, 0.3) is 10.8 Å². The molecule has 1 aliphatic heterocycles. The van der Waals surface area contributed by atoms with E-state index in [2.05, 4.69) is 4.98 Å². The molecule has 30 heavy (non-hydrogen) atoms. The number of hydrogen-bond donors (Lipinski definition) is 1. The number of pyridine rings is 1. The van der Waals surface area contributed by atoms with Crippen molar-refractivity contribution < 1.29 is 19.4 Å². The van der Waals surface area contributed by atoms with E-state index in [1.165, 1.54) is 0 Å². The molecule has 156 valence electrons. The van der Waals surface area contributed by atoms with Crippen LogP contribution in [0.4, 0.5) is 0 Å². The molecule has 0 radical (unpaired) electrons. The van der Waals surface area contributed by atoms with Crippen molar-refractivity contribution in [3.63, 3.8) is 0 Å². The standard InChI is InChI=1S/C24H26N2O4/c1-29-20-4-2-3-17(13-20)5-8-24(28)26-12-10-23(22(27)16-26)30-21-7-6-18-9-11-25-15-19(18)14-21/h2-4,6-7,9,11,13-15,22-23,27H,5,8,10,12,16H2,1H3/t22-,23-/m1/s1. The number of nitrogens with zero attached hydrogens (tertiary/aromatic N) is 2. The summed E-state index contributed by atoms with van der Waals surface area (Å²) in [7, 11) is 1.63. The predicted octanol–water partition coefficient (Wildman–Crippen LogP) is 3.22. The number of benzene rings is 2. The molecule has 0 aliphatic carbocycles. The first kappa shape index (κ1) is 20.2. The van der Waals surface area contributed by atoms with Crippen LogP contribution in [0.1, 0.15) is 18.4 Å². The summed E-state index contributed by atoms with van der Waals surface area (Å²) >= 11 is 0. The van der Waals surface area contributed by atoms with Gasteiger partial charge in [0.15, 0.2) is 0 Å². The fourth-order valence-electron chi connectivity index (χ4n) is 3.82. The molecule has 0 unspecified atom stereocenters. The summed E-state index contributed by atoms with van der Waals surface area (Å²) in [5, 5.41) is 12.7. The molecule has 0 bridgehead atoms. The molecule has 2 aromatic carbocycles. The fraction of sp³-hybridized carbons (Fsp3) is 0.333. The van der Waals surface area contributed by atoms with Gasteiger partial charge in [-0.05, 0) is 47.7 Å². The zero-order valence-corrected chi connectivity index (χ0v) is 17.0. The van der Waals surface area contributed by atoms with Gasteiger partial charge >= 0.3 is 0 Å². The van der Waals surface area contributed by atoms with Gasteiger partial charge in [-0.1, -0.05) is 18.2 Å². The minimum Gasteiger partial charge on any atom is -0.497 e. The van der Waals surface area contributed by atoms with Crippen molar-refractivity contribution in [1.29, 1.82) is 0 Å². The van der Waals surface area contributed by atoms with E-state index < -0.39 is 6.10 Å². The smallest absolute Gasteiger partial charge is 0.222 e. The van der Waals surface area contributed by atoms with Gasteiger partial charge in [-0.3, -0.25) is 9.78 Å². The number of methoxy groups -OCH3 is 1. The summed E-state index contributed by atoms with van der Waals surface area (Å²) in [6.45, 7) is 0.866. The van der Waals surface area contributed by atoms with Gasteiger partial charge in [0.05, 0.1) is 13.7 Å². The number of carbonyl (C=O) groups is 1. The number of rotatable bonds is 6.